The maximum absolute atomic E-state index is 13.5. The van der Waals surface area contributed by atoms with Crippen LogP contribution in [0.5, 0.6) is 0 Å². The molecule has 4 aromatic rings. The van der Waals surface area contributed by atoms with E-state index in [0.717, 1.165) is 11.1 Å². The molecule has 1 aliphatic heterocycles. The molecule has 5 heteroatoms. The Bertz CT molecular complexity index is 1320. The van der Waals surface area contributed by atoms with Gasteiger partial charge in [0.25, 0.3) is 5.91 Å². The van der Waals surface area contributed by atoms with Crippen LogP contribution < -0.4 is 5.43 Å². The van der Waals surface area contributed by atoms with Crippen molar-refractivity contribution in [3.05, 3.63) is 111 Å². The summed E-state index contributed by atoms with van der Waals surface area (Å²) in [6.45, 7) is 4.61. The average Bonchev–Trinajstić information content (AvgIpc) is 3.06. The fraction of sp³-hybridized carbons (Fsp3) is 0.192. The monoisotopic (exact) mass is 410 g/mol. The quantitative estimate of drug-likeness (QED) is 0.472. The molecule has 3 heterocycles. The Morgan fingerprint density at radius 3 is 2.48 bits per heavy atom. The first kappa shape index (κ1) is 19.2. The summed E-state index contributed by atoms with van der Waals surface area (Å²) in [6, 6.07) is 18.5. The Morgan fingerprint density at radius 1 is 1.00 bits per heavy atom. The second kappa shape index (κ2) is 7.51. The van der Waals surface area contributed by atoms with Crippen LogP contribution in [0.15, 0.2) is 82.3 Å². The highest BCUT2D eigenvalue weighted by Crippen LogP contribution is 2.39. The van der Waals surface area contributed by atoms with Crippen LogP contribution in [0.2, 0.25) is 0 Å². The SMILES string of the molecule is CC(C)c1ccc([C@@H]2c3c(oc4ccccc4c3=O)C(=O)N2Cc2cccnc2)cc1. The molecule has 0 spiro atoms. The zero-order valence-corrected chi connectivity index (χ0v) is 17.4. The van der Waals surface area contributed by atoms with Crippen molar-refractivity contribution in [2.75, 3.05) is 0 Å². The lowest BCUT2D eigenvalue weighted by atomic mass is 9.95. The van der Waals surface area contributed by atoms with Crippen molar-refractivity contribution in [2.45, 2.75) is 32.4 Å². The summed E-state index contributed by atoms with van der Waals surface area (Å²) in [6.07, 6.45) is 3.44. The summed E-state index contributed by atoms with van der Waals surface area (Å²) < 4.78 is 5.97. The second-order valence-electron chi connectivity index (χ2n) is 8.19. The van der Waals surface area contributed by atoms with E-state index in [4.69, 9.17) is 4.42 Å². The van der Waals surface area contributed by atoms with Gasteiger partial charge in [0.2, 0.25) is 5.76 Å². The molecule has 0 radical (unpaired) electrons. The highest BCUT2D eigenvalue weighted by molar-refractivity contribution is 5.99. The molecule has 1 atom stereocenters. The Hall–Kier alpha value is -3.73. The number of benzene rings is 2. The van der Waals surface area contributed by atoms with E-state index in [1.54, 1.807) is 35.5 Å². The predicted molar refractivity (Wildman–Crippen MR) is 119 cm³/mol. The van der Waals surface area contributed by atoms with E-state index in [-0.39, 0.29) is 17.1 Å². The van der Waals surface area contributed by atoms with Gasteiger partial charge in [-0.25, -0.2) is 0 Å². The van der Waals surface area contributed by atoms with Gasteiger partial charge in [0, 0.05) is 18.9 Å². The Balaban J connectivity index is 1.70. The fourth-order valence-electron chi connectivity index (χ4n) is 4.23. The third-order valence-corrected chi connectivity index (χ3v) is 5.87. The molecule has 0 N–H and O–H groups in total. The van der Waals surface area contributed by atoms with Crippen molar-refractivity contribution in [3.8, 4) is 0 Å². The van der Waals surface area contributed by atoms with E-state index in [0.29, 0.717) is 29.0 Å². The molecule has 2 aromatic carbocycles. The van der Waals surface area contributed by atoms with Gasteiger partial charge in [-0.05, 0) is 40.8 Å². The Kier molecular flexibility index (Phi) is 4.66. The lowest BCUT2D eigenvalue weighted by Crippen LogP contribution is -2.29. The molecule has 0 bridgehead atoms. The summed E-state index contributed by atoms with van der Waals surface area (Å²) in [5.41, 5.74) is 3.67. The molecule has 0 saturated heterocycles. The van der Waals surface area contributed by atoms with Crippen LogP contribution in [-0.2, 0) is 6.54 Å². The van der Waals surface area contributed by atoms with Gasteiger partial charge in [0.1, 0.15) is 5.58 Å². The number of para-hydroxylation sites is 1. The first-order valence-electron chi connectivity index (χ1n) is 10.4. The van der Waals surface area contributed by atoms with Crippen molar-refractivity contribution in [1.82, 2.24) is 9.88 Å². The van der Waals surface area contributed by atoms with Crippen molar-refractivity contribution in [1.29, 1.82) is 0 Å². The van der Waals surface area contributed by atoms with Crippen molar-refractivity contribution in [2.24, 2.45) is 0 Å². The molecule has 2 aromatic heterocycles. The maximum atomic E-state index is 13.5. The fourth-order valence-corrected chi connectivity index (χ4v) is 4.23. The summed E-state index contributed by atoms with van der Waals surface area (Å²) in [7, 11) is 0. The number of pyridine rings is 1. The van der Waals surface area contributed by atoms with E-state index < -0.39 is 6.04 Å². The molecule has 0 unspecified atom stereocenters. The Labute approximate surface area is 180 Å². The van der Waals surface area contributed by atoms with Crippen molar-refractivity contribution in [3.63, 3.8) is 0 Å². The van der Waals surface area contributed by atoms with E-state index >= 15 is 0 Å². The highest BCUT2D eigenvalue weighted by Gasteiger charge is 2.42. The normalized spacial score (nSPS) is 15.6. The smallest absolute Gasteiger partial charge is 0.291 e. The molecular formula is C26H22N2O3. The van der Waals surface area contributed by atoms with Crippen LogP contribution in [0.1, 0.15) is 58.6 Å². The van der Waals surface area contributed by atoms with Gasteiger partial charge in [-0.2, -0.15) is 0 Å². The average molecular weight is 410 g/mol. The molecule has 0 aliphatic carbocycles. The molecular weight excluding hydrogens is 388 g/mol. The lowest BCUT2D eigenvalue weighted by molar-refractivity contribution is 0.0714. The van der Waals surface area contributed by atoms with Crippen LogP contribution in [-0.4, -0.2) is 15.8 Å². The minimum absolute atomic E-state index is 0.130. The Morgan fingerprint density at radius 2 is 1.77 bits per heavy atom. The topological polar surface area (TPSA) is 63.4 Å². The molecule has 0 saturated carbocycles. The highest BCUT2D eigenvalue weighted by atomic mass is 16.3. The number of carbonyl (C=O) groups excluding carboxylic acids is 1. The summed E-state index contributed by atoms with van der Waals surface area (Å²) in [5.74, 6) is 0.247. The minimum atomic E-state index is -0.509. The lowest BCUT2D eigenvalue weighted by Gasteiger charge is -2.25. The largest absolute Gasteiger partial charge is 0.450 e. The van der Waals surface area contributed by atoms with E-state index in [1.807, 2.05) is 30.3 Å². The predicted octanol–water partition coefficient (Wildman–Crippen LogP) is 5.06. The van der Waals surface area contributed by atoms with Gasteiger partial charge in [0.05, 0.1) is 17.0 Å². The first-order valence-corrected chi connectivity index (χ1v) is 10.4. The maximum Gasteiger partial charge on any atom is 0.291 e. The van der Waals surface area contributed by atoms with Crippen molar-refractivity contribution < 1.29 is 9.21 Å². The third-order valence-electron chi connectivity index (χ3n) is 5.87. The molecule has 1 aliphatic rings. The minimum Gasteiger partial charge on any atom is -0.450 e. The molecule has 5 nitrogen and oxygen atoms in total. The number of fused-ring (bicyclic) bond motifs is 2. The van der Waals surface area contributed by atoms with E-state index in [9.17, 15) is 9.59 Å². The van der Waals surface area contributed by atoms with Crippen LogP contribution in [0.3, 0.4) is 0 Å². The standard InChI is InChI=1S/C26H22N2O3/c1-16(2)18-9-11-19(12-10-18)23-22-24(29)20-7-3-4-8-21(20)31-25(22)26(30)28(23)15-17-6-5-13-27-14-17/h3-14,16,23H,15H2,1-2H3/t23-/m1/s1. The van der Waals surface area contributed by atoms with Crippen molar-refractivity contribution >= 4 is 16.9 Å². The first-order chi connectivity index (χ1) is 15.0. The van der Waals surface area contributed by atoms with Crippen LogP contribution in [0.4, 0.5) is 0 Å². The number of hydrogen-bond donors (Lipinski definition) is 0. The zero-order valence-electron chi connectivity index (χ0n) is 17.4. The van der Waals surface area contributed by atoms with E-state index in [1.165, 1.54) is 5.56 Å². The second-order valence-corrected chi connectivity index (χ2v) is 8.19. The molecule has 1 amide bonds. The summed E-state index contributed by atoms with van der Waals surface area (Å²) in [4.78, 5) is 32.8. The number of carbonyl (C=O) groups is 1. The molecule has 154 valence electrons. The number of amides is 1. The van der Waals surface area contributed by atoms with Gasteiger partial charge in [-0.3, -0.25) is 14.6 Å². The van der Waals surface area contributed by atoms with Gasteiger partial charge in [-0.15, -0.1) is 0 Å². The molecule has 31 heavy (non-hydrogen) atoms. The number of hydrogen-bond acceptors (Lipinski definition) is 4. The van der Waals surface area contributed by atoms with Crippen LogP contribution in [0, 0.1) is 0 Å². The number of rotatable bonds is 4. The number of nitrogens with zero attached hydrogens (tertiary/aromatic N) is 2. The van der Waals surface area contributed by atoms with Gasteiger partial charge >= 0.3 is 0 Å². The third kappa shape index (κ3) is 3.22. The van der Waals surface area contributed by atoms with Crippen LogP contribution in [0.25, 0.3) is 11.0 Å². The molecule has 5 rings (SSSR count). The van der Waals surface area contributed by atoms with Crippen LogP contribution >= 0.6 is 0 Å². The van der Waals surface area contributed by atoms with Gasteiger partial charge < -0.3 is 9.32 Å². The van der Waals surface area contributed by atoms with E-state index in [2.05, 4.69) is 31.0 Å². The summed E-state index contributed by atoms with van der Waals surface area (Å²) >= 11 is 0. The summed E-state index contributed by atoms with van der Waals surface area (Å²) in [5, 5.41) is 0.487. The van der Waals surface area contributed by atoms with Gasteiger partial charge in [-0.1, -0.05) is 56.3 Å². The van der Waals surface area contributed by atoms with Gasteiger partial charge in [0.15, 0.2) is 5.43 Å². The number of aromatic nitrogens is 1. The zero-order chi connectivity index (χ0) is 21.5. The molecule has 0 fully saturated rings.